The predicted molar refractivity (Wildman–Crippen MR) is 68.0 cm³/mol. The van der Waals surface area contributed by atoms with Crippen molar-refractivity contribution in [2.75, 3.05) is 18.5 Å². The van der Waals surface area contributed by atoms with Crippen LogP contribution in [-0.4, -0.2) is 24.3 Å². The molecule has 0 spiro atoms. The summed E-state index contributed by atoms with van der Waals surface area (Å²) in [6, 6.07) is 6.59. The summed E-state index contributed by atoms with van der Waals surface area (Å²) in [6.07, 6.45) is 3.14. The van der Waals surface area contributed by atoms with Crippen molar-refractivity contribution in [2.45, 2.75) is 38.7 Å². The van der Waals surface area contributed by atoms with Crippen LogP contribution in [0.15, 0.2) is 18.2 Å². The molecule has 2 heteroatoms. The van der Waals surface area contributed by atoms with E-state index in [1.807, 2.05) is 13.8 Å². The maximum absolute atomic E-state index is 9.83. The number of nitrogens with zero attached hydrogens (tertiary/aromatic N) is 1. The van der Waals surface area contributed by atoms with Gasteiger partial charge in [0.2, 0.25) is 0 Å². The van der Waals surface area contributed by atoms with Gasteiger partial charge in [-0.15, -0.1) is 0 Å². The fourth-order valence-corrected chi connectivity index (χ4v) is 2.41. The van der Waals surface area contributed by atoms with Gasteiger partial charge in [-0.3, -0.25) is 0 Å². The third-order valence-corrected chi connectivity index (χ3v) is 3.14. The molecule has 0 atom stereocenters. The van der Waals surface area contributed by atoms with Crippen molar-refractivity contribution >= 4 is 5.69 Å². The molecule has 0 aliphatic carbocycles. The second-order valence-corrected chi connectivity index (χ2v) is 5.48. The summed E-state index contributed by atoms with van der Waals surface area (Å²) in [5.41, 5.74) is 3.38. The molecule has 1 aromatic rings. The van der Waals surface area contributed by atoms with E-state index in [1.54, 1.807) is 0 Å². The highest BCUT2D eigenvalue weighted by molar-refractivity contribution is 5.56. The number of hydrogen-bond acceptors (Lipinski definition) is 2. The van der Waals surface area contributed by atoms with E-state index in [0.717, 1.165) is 6.54 Å². The molecule has 1 aromatic carbocycles. The zero-order valence-corrected chi connectivity index (χ0v) is 10.5. The van der Waals surface area contributed by atoms with Gasteiger partial charge in [-0.25, -0.2) is 0 Å². The van der Waals surface area contributed by atoms with Gasteiger partial charge in [0.05, 0.1) is 5.60 Å². The molecule has 0 unspecified atom stereocenters. The van der Waals surface area contributed by atoms with Gasteiger partial charge in [-0.2, -0.15) is 0 Å². The van der Waals surface area contributed by atoms with Crippen LogP contribution < -0.4 is 4.90 Å². The summed E-state index contributed by atoms with van der Waals surface area (Å²) in [7, 11) is 2.14. The maximum atomic E-state index is 9.83. The monoisotopic (exact) mass is 219 g/mol. The molecule has 0 fully saturated rings. The lowest BCUT2D eigenvalue weighted by atomic mass is 9.94. The molecule has 88 valence electrons. The number of hydrogen-bond donors (Lipinski definition) is 1. The van der Waals surface area contributed by atoms with E-state index in [1.165, 1.54) is 29.7 Å². The minimum absolute atomic E-state index is 0.624. The first-order chi connectivity index (χ1) is 7.46. The number of aryl methyl sites for hydroxylation is 1. The molecule has 0 bridgehead atoms. The highest BCUT2D eigenvalue weighted by atomic mass is 16.3. The summed E-state index contributed by atoms with van der Waals surface area (Å²) in [4.78, 5) is 2.31. The molecule has 0 radical (unpaired) electrons. The molecule has 1 N–H and O–H groups in total. The fourth-order valence-electron chi connectivity index (χ4n) is 2.41. The lowest BCUT2D eigenvalue weighted by Crippen LogP contribution is -2.26. The van der Waals surface area contributed by atoms with Crippen LogP contribution in [0.25, 0.3) is 0 Å². The zero-order chi connectivity index (χ0) is 11.8. The summed E-state index contributed by atoms with van der Waals surface area (Å²) < 4.78 is 0. The van der Waals surface area contributed by atoms with E-state index < -0.39 is 5.60 Å². The number of benzene rings is 1. The van der Waals surface area contributed by atoms with Crippen LogP contribution in [-0.2, 0) is 12.8 Å². The average Bonchev–Trinajstić information content (AvgIpc) is 2.17. The van der Waals surface area contributed by atoms with Gasteiger partial charge in [0, 0.05) is 25.7 Å². The third-order valence-electron chi connectivity index (χ3n) is 3.14. The maximum Gasteiger partial charge on any atom is 0.0631 e. The molecule has 16 heavy (non-hydrogen) atoms. The number of aliphatic hydroxyl groups is 1. The molecule has 2 nitrogen and oxygen atoms in total. The van der Waals surface area contributed by atoms with Crippen LogP contribution in [0.4, 0.5) is 5.69 Å². The van der Waals surface area contributed by atoms with E-state index >= 15 is 0 Å². The van der Waals surface area contributed by atoms with E-state index in [0.29, 0.717) is 6.42 Å². The van der Waals surface area contributed by atoms with Gasteiger partial charge in [-0.1, -0.05) is 12.1 Å². The van der Waals surface area contributed by atoms with Gasteiger partial charge in [0.15, 0.2) is 0 Å². The highest BCUT2D eigenvalue weighted by Gasteiger charge is 2.17. The molecule has 0 aromatic heterocycles. The molecular formula is C14H21NO. The first-order valence-corrected chi connectivity index (χ1v) is 6.01. The summed E-state index contributed by atoms with van der Waals surface area (Å²) >= 11 is 0. The van der Waals surface area contributed by atoms with Crippen molar-refractivity contribution < 1.29 is 5.11 Å². The first kappa shape index (κ1) is 11.5. The lowest BCUT2D eigenvalue weighted by molar-refractivity contribution is 0.0810. The van der Waals surface area contributed by atoms with Gasteiger partial charge in [0.1, 0.15) is 0 Å². The zero-order valence-electron chi connectivity index (χ0n) is 10.5. The van der Waals surface area contributed by atoms with Crippen LogP contribution in [0.2, 0.25) is 0 Å². The van der Waals surface area contributed by atoms with Crippen molar-refractivity contribution in [3.8, 4) is 0 Å². The Labute approximate surface area is 97.9 Å². The van der Waals surface area contributed by atoms with E-state index in [-0.39, 0.29) is 0 Å². The molecule has 1 heterocycles. The standard InChI is InChI=1S/C14H21NO/c1-14(2,16)10-11-6-7-12-5-4-8-15(3)13(12)9-11/h6-7,9,16H,4-5,8,10H2,1-3H3. The highest BCUT2D eigenvalue weighted by Crippen LogP contribution is 2.28. The van der Waals surface area contributed by atoms with E-state index in [4.69, 9.17) is 0 Å². The Morgan fingerprint density at radius 1 is 1.38 bits per heavy atom. The minimum Gasteiger partial charge on any atom is -0.390 e. The fraction of sp³-hybridized carbons (Fsp3) is 0.571. The van der Waals surface area contributed by atoms with Crippen molar-refractivity contribution in [1.29, 1.82) is 0 Å². The predicted octanol–water partition coefficient (Wildman–Crippen LogP) is 2.38. The SMILES string of the molecule is CN1CCCc2ccc(CC(C)(C)O)cc21. The quantitative estimate of drug-likeness (QED) is 0.825. The normalized spacial score (nSPS) is 16.1. The van der Waals surface area contributed by atoms with Crippen LogP contribution in [0.1, 0.15) is 31.4 Å². The summed E-state index contributed by atoms with van der Waals surface area (Å²) in [5.74, 6) is 0. The molecule has 2 rings (SSSR count). The van der Waals surface area contributed by atoms with Gasteiger partial charge in [-0.05, 0) is 43.9 Å². The van der Waals surface area contributed by atoms with Crippen molar-refractivity contribution in [1.82, 2.24) is 0 Å². The van der Waals surface area contributed by atoms with Gasteiger partial charge in [0.25, 0.3) is 0 Å². The summed E-state index contributed by atoms with van der Waals surface area (Å²) in [6.45, 7) is 4.85. The Morgan fingerprint density at radius 2 is 2.12 bits per heavy atom. The number of rotatable bonds is 2. The van der Waals surface area contributed by atoms with Gasteiger partial charge < -0.3 is 10.0 Å². The Morgan fingerprint density at radius 3 is 2.81 bits per heavy atom. The van der Waals surface area contributed by atoms with E-state index in [9.17, 15) is 5.11 Å². The van der Waals surface area contributed by atoms with E-state index in [2.05, 4.69) is 30.1 Å². The van der Waals surface area contributed by atoms with Gasteiger partial charge >= 0.3 is 0 Å². The number of anilines is 1. The second kappa shape index (κ2) is 4.10. The van der Waals surface area contributed by atoms with Crippen molar-refractivity contribution in [3.63, 3.8) is 0 Å². The molecule has 0 saturated carbocycles. The summed E-state index contributed by atoms with van der Waals surface area (Å²) in [5, 5.41) is 9.83. The lowest BCUT2D eigenvalue weighted by Gasteiger charge is -2.28. The molecule has 0 amide bonds. The van der Waals surface area contributed by atoms with Crippen LogP contribution in [0.3, 0.4) is 0 Å². The Hall–Kier alpha value is -1.02. The van der Waals surface area contributed by atoms with Crippen molar-refractivity contribution in [2.24, 2.45) is 0 Å². The molecule has 1 aliphatic heterocycles. The Kier molecular flexibility index (Phi) is 2.94. The number of fused-ring (bicyclic) bond motifs is 1. The van der Waals surface area contributed by atoms with Crippen LogP contribution >= 0.6 is 0 Å². The Balaban J connectivity index is 2.27. The largest absolute Gasteiger partial charge is 0.390 e. The molecule has 1 aliphatic rings. The topological polar surface area (TPSA) is 23.5 Å². The third kappa shape index (κ3) is 2.56. The smallest absolute Gasteiger partial charge is 0.0631 e. The average molecular weight is 219 g/mol. The minimum atomic E-state index is -0.624. The first-order valence-electron chi connectivity index (χ1n) is 6.01. The van der Waals surface area contributed by atoms with Crippen LogP contribution in [0.5, 0.6) is 0 Å². The van der Waals surface area contributed by atoms with Crippen LogP contribution in [0, 0.1) is 0 Å². The molecular weight excluding hydrogens is 198 g/mol. The van der Waals surface area contributed by atoms with Crippen molar-refractivity contribution in [3.05, 3.63) is 29.3 Å². The second-order valence-electron chi connectivity index (χ2n) is 5.48. The Bertz CT molecular complexity index is 379. The molecule has 0 saturated heterocycles.